The fourth-order valence-electron chi connectivity index (χ4n) is 2.75. The molecule has 0 bridgehead atoms. The Morgan fingerprint density at radius 3 is 2.58 bits per heavy atom. The van der Waals surface area contributed by atoms with Gasteiger partial charge in [0.1, 0.15) is 5.82 Å². The van der Waals surface area contributed by atoms with Gasteiger partial charge in [0.15, 0.2) is 0 Å². The van der Waals surface area contributed by atoms with Gasteiger partial charge in [-0.1, -0.05) is 35.9 Å². The summed E-state index contributed by atoms with van der Waals surface area (Å²) in [6, 6.07) is 14.9. The van der Waals surface area contributed by atoms with E-state index in [1.54, 1.807) is 36.4 Å². The van der Waals surface area contributed by atoms with Crippen molar-refractivity contribution in [3.8, 4) is 17.2 Å². The fourth-order valence-corrected chi connectivity index (χ4v) is 3.01. The molecule has 0 saturated carbocycles. The molecule has 5 heteroatoms. The molecule has 0 radical (unpaired) electrons. The molecular formula is C19H11ClFNO2. The van der Waals surface area contributed by atoms with Gasteiger partial charge in [0.25, 0.3) is 0 Å². The number of carboxylic acid groups (broad SMARTS) is 1. The quantitative estimate of drug-likeness (QED) is 0.745. The molecule has 0 aromatic heterocycles. The van der Waals surface area contributed by atoms with Gasteiger partial charge in [0.05, 0.1) is 23.1 Å². The number of halogens is 2. The minimum Gasteiger partial charge on any atom is -0.481 e. The van der Waals surface area contributed by atoms with Gasteiger partial charge in [-0.2, -0.15) is 5.26 Å². The van der Waals surface area contributed by atoms with Gasteiger partial charge in [0, 0.05) is 11.1 Å². The molecule has 3 aromatic carbocycles. The first kappa shape index (κ1) is 16.0. The molecule has 0 heterocycles. The number of hydrogen-bond donors (Lipinski definition) is 1. The van der Waals surface area contributed by atoms with Gasteiger partial charge in [-0.05, 0) is 40.6 Å². The summed E-state index contributed by atoms with van der Waals surface area (Å²) < 4.78 is 14.4. The molecule has 118 valence electrons. The second-order valence-corrected chi connectivity index (χ2v) is 5.73. The zero-order valence-corrected chi connectivity index (χ0v) is 13.1. The van der Waals surface area contributed by atoms with Crippen LogP contribution in [0.4, 0.5) is 4.39 Å². The van der Waals surface area contributed by atoms with E-state index >= 15 is 0 Å². The molecule has 0 atom stereocenters. The highest BCUT2D eigenvalue weighted by atomic mass is 35.5. The molecule has 0 fully saturated rings. The van der Waals surface area contributed by atoms with Gasteiger partial charge < -0.3 is 5.11 Å². The number of fused-ring (bicyclic) bond motifs is 1. The van der Waals surface area contributed by atoms with Crippen LogP contribution in [0.25, 0.3) is 21.9 Å². The third-order valence-electron chi connectivity index (χ3n) is 3.77. The largest absolute Gasteiger partial charge is 0.481 e. The van der Waals surface area contributed by atoms with Crippen LogP contribution < -0.4 is 0 Å². The van der Waals surface area contributed by atoms with Gasteiger partial charge in [0.2, 0.25) is 0 Å². The Kier molecular flexibility index (Phi) is 4.20. The average molecular weight is 340 g/mol. The Hall–Kier alpha value is -2.90. The second-order valence-electron chi connectivity index (χ2n) is 5.32. The second kappa shape index (κ2) is 6.31. The maximum atomic E-state index is 14.4. The van der Waals surface area contributed by atoms with Crippen LogP contribution in [0.1, 0.15) is 11.1 Å². The first-order valence-corrected chi connectivity index (χ1v) is 7.51. The van der Waals surface area contributed by atoms with Crippen molar-refractivity contribution in [1.29, 1.82) is 5.26 Å². The molecule has 3 rings (SSSR count). The van der Waals surface area contributed by atoms with Crippen molar-refractivity contribution in [3.05, 3.63) is 70.5 Å². The molecule has 24 heavy (non-hydrogen) atoms. The van der Waals surface area contributed by atoms with Crippen molar-refractivity contribution in [3.63, 3.8) is 0 Å². The van der Waals surface area contributed by atoms with Crippen molar-refractivity contribution in [1.82, 2.24) is 0 Å². The van der Waals surface area contributed by atoms with E-state index < -0.39 is 11.8 Å². The first-order valence-electron chi connectivity index (χ1n) is 7.13. The lowest BCUT2D eigenvalue weighted by Crippen LogP contribution is -2.00. The molecule has 3 nitrogen and oxygen atoms in total. The van der Waals surface area contributed by atoms with Crippen LogP contribution >= 0.6 is 11.6 Å². The minimum absolute atomic E-state index is 0.147. The Balaban J connectivity index is 2.39. The van der Waals surface area contributed by atoms with Crippen LogP contribution in [0.3, 0.4) is 0 Å². The summed E-state index contributed by atoms with van der Waals surface area (Å²) in [5.41, 5.74) is 1.37. The van der Waals surface area contributed by atoms with Gasteiger partial charge in [-0.25, -0.2) is 4.39 Å². The monoisotopic (exact) mass is 339 g/mol. The zero-order chi connectivity index (χ0) is 17.3. The van der Waals surface area contributed by atoms with E-state index in [0.29, 0.717) is 16.5 Å². The summed E-state index contributed by atoms with van der Waals surface area (Å²) in [5.74, 6) is -1.49. The number of aliphatic carboxylic acids is 1. The van der Waals surface area contributed by atoms with E-state index in [4.69, 9.17) is 16.7 Å². The molecule has 0 aliphatic rings. The van der Waals surface area contributed by atoms with Crippen LogP contribution in [0.15, 0.2) is 48.5 Å². The molecular weight excluding hydrogens is 329 g/mol. The van der Waals surface area contributed by atoms with Crippen LogP contribution in [-0.2, 0) is 11.2 Å². The summed E-state index contributed by atoms with van der Waals surface area (Å²) >= 11 is 6.17. The molecule has 0 amide bonds. The third-order valence-corrected chi connectivity index (χ3v) is 4.09. The summed E-state index contributed by atoms with van der Waals surface area (Å²) in [6.45, 7) is 0. The highest BCUT2D eigenvalue weighted by Gasteiger charge is 2.17. The van der Waals surface area contributed by atoms with Gasteiger partial charge >= 0.3 is 5.97 Å². The van der Waals surface area contributed by atoms with Crippen molar-refractivity contribution < 1.29 is 14.3 Å². The Morgan fingerprint density at radius 1 is 1.17 bits per heavy atom. The van der Waals surface area contributed by atoms with Crippen LogP contribution in [0.2, 0.25) is 5.02 Å². The lowest BCUT2D eigenvalue weighted by Gasteiger charge is -2.13. The summed E-state index contributed by atoms with van der Waals surface area (Å²) in [7, 11) is 0. The number of carboxylic acids is 1. The van der Waals surface area contributed by atoms with E-state index in [9.17, 15) is 14.4 Å². The summed E-state index contributed by atoms with van der Waals surface area (Å²) in [5, 5.41) is 20.0. The summed E-state index contributed by atoms with van der Waals surface area (Å²) in [6.07, 6.45) is -0.156. The number of hydrogen-bond acceptors (Lipinski definition) is 2. The van der Waals surface area contributed by atoms with Crippen molar-refractivity contribution >= 4 is 28.3 Å². The predicted octanol–water partition coefficient (Wildman–Crippen LogP) is 4.80. The normalized spacial score (nSPS) is 10.5. The summed E-state index contributed by atoms with van der Waals surface area (Å²) in [4.78, 5) is 11.0. The smallest absolute Gasteiger partial charge is 0.307 e. The molecule has 0 saturated heterocycles. The number of nitriles is 1. The highest BCUT2D eigenvalue weighted by molar-refractivity contribution is 6.34. The molecule has 3 aromatic rings. The topological polar surface area (TPSA) is 61.1 Å². The molecule has 0 spiro atoms. The number of benzene rings is 3. The van der Waals surface area contributed by atoms with Crippen molar-refractivity contribution in [2.75, 3.05) is 0 Å². The molecule has 1 N–H and O–H groups in total. The van der Waals surface area contributed by atoms with E-state index in [-0.39, 0.29) is 22.6 Å². The van der Waals surface area contributed by atoms with E-state index in [0.717, 1.165) is 5.39 Å². The van der Waals surface area contributed by atoms with Crippen LogP contribution in [0.5, 0.6) is 0 Å². The van der Waals surface area contributed by atoms with Crippen LogP contribution in [-0.4, -0.2) is 11.1 Å². The Labute approximate surface area is 142 Å². The highest BCUT2D eigenvalue weighted by Crippen LogP contribution is 2.38. The predicted molar refractivity (Wildman–Crippen MR) is 90.4 cm³/mol. The Bertz CT molecular complexity index is 988. The minimum atomic E-state index is -0.962. The number of nitrogens with zero attached hydrogens (tertiary/aromatic N) is 1. The van der Waals surface area contributed by atoms with E-state index in [1.807, 2.05) is 0 Å². The fraction of sp³-hybridized carbons (Fsp3) is 0.0526. The van der Waals surface area contributed by atoms with Crippen LogP contribution in [0, 0.1) is 17.1 Å². The Morgan fingerprint density at radius 2 is 1.92 bits per heavy atom. The SMILES string of the molecule is N#Cc1ccc2ccc(CC(=O)O)cc2c1-c1c(F)cccc1Cl. The van der Waals surface area contributed by atoms with E-state index in [2.05, 4.69) is 6.07 Å². The average Bonchev–Trinajstić information content (AvgIpc) is 2.54. The van der Waals surface area contributed by atoms with Crippen molar-refractivity contribution in [2.45, 2.75) is 6.42 Å². The standard InChI is InChI=1S/C19H11ClFNO2/c20-15-2-1-3-16(21)19(15)18-13(10-22)7-6-12-5-4-11(8-14(12)18)9-17(23)24/h1-8H,9H2,(H,23,24). The molecule has 0 unspecified atom stereocenters. The van der Waals surface area contributed by atoms with Crippen molar-refractivity contribution in [2.24, 2.45) is 0 Å². The van der Waals surface area contributed by atoms with E-state index in [1.165, 1.54) is 12.1 Å². The zero-order valence-electron chi connectivity index (χ0n) is 12.4. The first-order chi connectivity index (χ1) is 11.5. The lowest BCUT2D eigenvalue weighted by atomic mass is 9.92. The van der Waals surface area contributed by atoms with Gasteiger partial charge in [-0.3, -0.25) is 4.79 Å². The molecule has 0 aliphatic heterocycles. The maximum Gasteiger partial charge on any atom is 0.307 e. The maximum absolute atomic E-state index is 14.4. The number of carbonyl (C=O) groups is 1. The lowest BCUT2D eigenvalue weighted by molar-refractivity contribution is -0.136. The third kappa shape index (κ3) is 2.82. The molecule has 0 aliphatic carbocycles. The van der Waals surface area contributed by atoms with Gasteiger partial charge in [-0.15, -0.1) is 0 Å². The number of rotatable bonds is 3.